The van der Waals surface area contributed by atoms with Gasteiger partial charge in [-0.1, -0.05) is 13.8 Å². The van der Waals surface area contributed by atoms with Crippen molar-refractivity contribution < 1.29 is 27.8 Å². The van der Waals surface area contributed by atoms with E-state index in [1.807, 2.05) is 13.8 Å². The first-order chi connectivity index (χ1) is 10.7. The Morgan fingerprint density at radius 2 is 1.87 bits per heavy atom. The van der Waals surface area contributed by atoms with Gasteiger partial charge >= 0.3 is 12.2 Å². The van der Waals surface area contributed by atoms with Gasteiger partial charge in [0, 0.05) is 5.69 Å². The molecular formula is C15H21F3N2O3. The van der Waals surface area contributed by atoms with E-state index in [9.17, 15) is 23.1 Å². The third-order valence-corrected chi connectivity index (χ3v) is 2.83. The number of alkyl halides is 3. The van der Waals surface area contributed by atoms with Crippen molar-refractivity contribution >= 4 is 11.7 Å². The molecule has 0 heterocycles. The minimum Gasteiger partial charge on any atom is -0.484 e. The van der Waals surface area contributed by atoms with E-state index in [0.29, 0.717) is 18.0 Å². The number of nitrogens with one attached hydrogen (secondary N) is 2. The summed E-state index contributed by atoms with van der Waals surface area (Å²) < 4.78 is 40.7. The normalized spacial score (nSPS) is 12.8. The number of amides is 2. The topological polar surface area (TPSA) is 70.6 Å². The molecule has 1 aromatic rings. The summed E-state index contributed by atoms with van der Waals surface area (Å²) in [5.41, 5.74) is 0.406. The number of benzene rings is 1. The van der Waals surface area contributed by atoms with Crippen LogP contribution in [0.15, 0.2) is 24.3 Å². The Morgan fingerprint density at radius 3 is 2.35 bits per heavy atom. The second-order valence-corrected chi connectivity index (χ2v) is 5.54. The van der Waals surface area contributed by atoms with Crippen molar-refractivity contribution in [2.24, 2.45) is 5.92 Å². The smallest absolute Gasteiger partial charge is 0.422 e. The number of aliphatic hydroxyl groups is 1. The Bertz CT molecular complexity index is 490. The minimum absolute atomic E-state index is 0.0568. The summed E-state index contributed by atoms with van der Waals surface area (Å²) in [7, 11) is 0. The molecule has 3 N–H and O–H groups in total. The number of carbonyl (C=O) groups is 1. The van der Waals surface area contributed by atoms with Gasteiger partial charge in [0.2, 0.25) is 0 Å². The maximum atomic E-state index is 12.0. The number of aliphatic hydroxyl groups excluding tert-OH is 1. The monoisotopic (exact) mass is 334 g/mol. The number of rotatable bonds is 7. The van der Waals surface area contributed by atoms with Crippen LogP contribution in [0, 0.1) is 5.92 Å². The number of halogens is 3. The summed E-state index contributed by atoms with van der Waals surface area (Å²) in [6.45, 7) is 2.41. The van der Waals surface area contributed by atoms with Crippen molar-refractivity contribution in [3.05, 3.63) is 24.3 Å². The molecule has 0 aliphatic carbocycles. The summed E-state index contributed by atoms with van der Waals surface area (Å²) in [6, 6.07) is 4.68. The van der Waals surface area contributed by atoms with Gasteiger partial charge in [-0.15, -0.1) is 0 Å². The average Bonchev–Trinajstić information content (AvgIpc) is 2.44. The number of ether oxygens (including phenoxy) is 1. The number of hydrogen-bond acceptors (Lipinski definition) is 3. The van der Waals surface area contributed by atoms with Crippen molar-refractivity contribution in [2.75, 3.05) is 18.5 Å². The molecule has 0 radical (unpaired) electrons. The third-order valence-electron chi connectivity index (χ3n) is 2.83. The van der Waals surface area contributed by atoms with Crippen LogP contribution in [-0.4, -0.2) is 36.6 Å². The van der Waals surface area contributed by atoms with Crippen molar-refractivity contribution in [1.29, 1.82) is 0 Å². The van der Waals surface area contributed by atoms with E-state index >= 15 is 0 Å². The Morgan fingerprint density at radius 1 is 1.26 bits per heavy atom. The standard InChI is InChI=1S/C15H21F3N2O3/c1-10(2)7-12(8-21)20-14(22)19-11-3-5-13(6-4-11)23-9-15(16,17)18/h3-6,10,12,21H,7-9H2,1-2H3,(H2,19,20,22). The number of urea groups is 1. The molecule has 0 aliphatic heterocycles. The van der Waals surface area contributed by atoms with E-state index < -0.39 is 18.8 Å². The van der Waals surface area contributed by atoms with Crippen molar-refractivity contribution in [3.8, 4) is 5.75 Å². The van der Waals surface area contributed by atoms with E-state index in [1.54, 1.807) is 0 Å². The second-order valence-electron chi connectivity index (χ2n) is 5.54. The highest BCUT2D eigenvalue weighted by Gasteiger charge is 2.28. The molecular weight excluding hydrogens is 313 g/mol. The first kappa shape index (κ1) is 19.1. The fraction of sp³-hybridized carbons (Fsp3) is 0.533. The lowest BCUT2D eigenvalue weighted by Gasteiger charge is -2.18. The zero-order valence-corrected chi connectivity index (χ0v) is 13.0. The maximum Gasteiger partial charge on any atom is 0.422 e. The molecule has 1 unspecified atom stereocenters. The summed E-state index contributed by atoms with van der Waals surface area (Å²) in [5.74, 6) is 0.374. The number of anilines is 1. The Balaban J connectivity index is 2.49. The van der Waals surface area contributed by atoms with Gasteiger partial charge in [-0.25, -0.2) is 4.79 Å². The minimum atomic E-state index is -4.40. The molecule has 0 saturated heterocycles. The van der Waals surface area contributed by atoms with Gasteiger partial charge in [0.25, 0.3) is 0 Å². The van der Waals surface area contributed by atoms with Gasteiger partial charge in [-0.3, -0.25) is 0 Å². The first-order valence-corrected chi connectivity index (χ1v) is 7.17. The van der Waals surface area contributed by atoms with E-state index in [1.165, 1.54) is 24.3 Å². The number of hydrogen-bond donors (Lipinski definition) is 3. The van der Waals surface area contributed by atoms with Gasteiger partial charge in [0.15, 0.2) is 6.61 Å². The Labute approximate surface area is 132 Å². The summed E-state index contributed by atoms with van der Waals surface area (Å²) in [4.78, 5) is 11.8. The first-order valence-electron chi connectivity index (χ1n) is 7.17. The summed E-state index contributed by atoms with van der Waals surface area (Å²) in [5, 5.41) is 14.4. The van der Waals surface area contributed by atoms with Crippen LogP contribution in [0.5, 0.6) is 5.75 Å². The van der Waals surface area contributed by atoms with Crippen molar-refractivity contribution in [1.82, 2.24) is 5.32 Å². The molecule has 1 atom stereocenters. The van der Waals surface area contributed by atoms with Crippen molar-refractivity contribution in [2.45, 2.75) is 32.5 Å². The molecule has 1 aromatic carbocycles. The lowest BCUT2D eigenvalue weighted by Crippen LogP contribution is -2.40. The van der Waals surface area contributed by atoms with E-state index in [4.69, 9.17) is 0 Å². The van der Waals surface area contributed by atoms with Gasteiger partial charge in [0.1, 0.15) is 5.75 Å². The molecule has 1 rings (SSSR count). The van der Waals surface area contributed by atoms with E-state index in [2.05, 4.69) is 15.4 Å². The summed E-state index contributed by atoms with van der Waals surface area (Å²) >= 11 is 0. The fourth-order valence-corrected chi connectivity index (χ4v) is 1.90. The Kier molecular flexibility index (Phi) is 7.15. The summed E-state index contributed by atoms with van der Waals surface area (Å²) in [6.07, 6.45) is -3.76. The second kappa shape index (κ2) is 8.61. The fourth-order valence-electron chi connectivity index (χ4n) is 1.90. The predicted octanol–water partition coefficient (Wildman–Crippen LogP) is 3.16. The highest BCUT2D eigenvalue weighted by atomic mass is 19.4. The van der Waals surface area contributed by atoms with Crippen LogP contribution in [0.4, 0.5) is 23.7 Å². The maximum absolute atomic E-state index is 12.0. The van der Waals surface area contributed by atoms with Gasteiger partial charge < -0.3 is 20.5 Å². The van der Waals surface area contributed by atoms with Crippen LogP contribution < -0.4 is 15.4 Å². The van der Waals surface area contributed by atoms with E-state index in [-0.39, 0.29) is 18.4 Å². The molecule has 0 spiro atoms. The largest absolute Gasteiger partial charge is 0.484 e. The van der Waals surface area contributed by atoms with Crippen LogP contribution >= 0.6 is 0 Å². The van der Waals surface area contributed by atoms with Gasteiger partial charge in [-0.2, -0.15) is 13.2 Å². The molecule has 0 aliphatic rings. The van der Waals surface area contributed by atoms with Gasteiger partial charge in [-0.05, 0) is 36.6 Å². The zero-order valence-electron chi connectivity index (χ0n) is 13.0. The predicted molar refractivity (Wildman–Crippen MR) is 80.5 cm³/mol. The molecule has 0 bridgehead atoms. The molecule has 130 valence electrons. The quantitative estimate of drug-likeness (QED) is 0.717. The van der Waals surface area contributed by atoms with Crippen molar-refractivity contribution in [3.63, 3.8) is 0 Å². The molecule has 0 saturated carbocycles. The third kappa shape index (κ3) is 8.29. The average molecular weight is 334 g/mol. The molecule has 0 aromatic heterocycles. The van der Waals surface area contributed by atoms with Crippen LogP contribution in [-0.2, 0) is 0 Å². The molecule has 0 fully saturated rings. The highest BCUT2D eigenvalue weighted by molar-refractivity contribution is 5.89. The SMILES string of the molecule is CC(C)CC(CO)NC(=O)Nc1ccc(OCC(F)(F)F)cc1. The van der Waals surface area contributed by atoms with Crippen LogP contribution in [0.3, 0.4) is 0 Å². The van der Waals surface area contributed by atoms with Gasteiger partial charge in [0.05, 0.1) is 12.6 Å². The Hall–Kier alpha value is -1.96. The van der Waals surface area contributed by atoms with E-state index in [0.717, 1.165) is 0 Å². The number of carbonyl (C=O) groups excluding carboxylic acids is 1. The molecule has 23 heavy (non-hydrogen) atoms. The van der Waals surface area contributed by atoms with Crippen LogP contribution in [0.1, 0.15) is 20.3 Å². The van der Waals surface area contributed by atoms with Crippen LogP contribution in [0.2, 0.25) is 0 Å². The lowest BCUT2D eigenvalue weighted by atomic mass is 10.0. The molecule has 8 heteroatoms. The van der Waals surface area contributed by atoms with Crippen LogP contribution in [0.25, 0.3) is 0 Å². The lowest BCUT2D eigenvalue weighted by molar-refractivity contribution is -0.153. The molecule has 5 nitrogen and oxygen atoms in total. The highest BCUT2D eigenvalue weighted by Crippen LogP contribution is 2.20. The molecule has 2 amide bonds. The zero-order chi connectivity index (χ0) is 17.5.